The first-order chi connectivity index (χ1) is 12.7. The summed E-state index contributed by atoms with van der Waals surface area (Å²) in [4.78, 5) is 28.8. The molecule has 8 heteroatoms. The van der Waals surface area contributed by atoms with Crippen molar-refractivity contribution >= 4 is 33.1 Å². The standard InChI is InChI=1S/C18H17N5O2S/c24-23(25)12-7-11-9-22(6-5-14(11)19-8-12)17-16-13-3-1-2-4-15(13)26-18(16)21-10-20-17/h7-8,10H,1-6,9H2. The fourth-order valence-corrected chi connectivity index (χ4v) is 5.23. The molecule has 0 unspecified atom stereocenters. The molecule has 0 amide bonds. The Hall–Kier alpha value is -2.61. The second-order valence-corrected chi connectivity index (χ2v) is 7.90. The van der Waals surface area contributed by atoms with Gasteiger partial charge in [0.1, 0.15) is 23.2 Å². The molecule has 0 saturated heterocycles. The molecule has 3 aromatic rings. The monoisotopic (exact) mass is 367 g/mol. The van der Waals surface area contributed by atoms with Crippen LogP contribution in [0.15, 0.2) is 18.6 Å². The predicted octanol–water partition coefficient (Wildman–Crippen LogP) is 3.44. The van der Waals surface area contributed by atoms with Crippen LogP contribution in [0.1, 0.15) is 34.5 Å². The molecule has 4 heterocycles. The average molecular weight is 367 g/mol. The molecule has 7 nitrogen and oxygen atoms in total. The Morgan fingerprint density at radius 3 is 2.92 bits per heavy atom. The molecule has 0 fully saturated rings. The van der Waals surface area contributed by atoms with Gasteiger partial charge in [-0.2, -0.15) is 0 Å². The van der Waals surface area contributed by atoms with Crippen LogP contribution in [0.5, 0.6) is 0 Å². The van der Waals surface area contributed by atoms with Crippen LogP contribution in [0.25, 0.3) is 10.2 Å². The summed E-state index contributed by atoms with van der Waals surface area (Å²) in [7, 11) is 0. The Morgan fingerprint density at radius 2 is 2.04 bits per heavy atom. The highest BCUT2D eigenvalue weighted by atomic mass is 32.1. The van der Waals surface area contributed by atoms with E-state index in [-0.39, 0.29) is 10.6 Å². The largest absolute Gasteiger partial charge is 0.351 e. The molecule has 26 heavy (non-hydrogen) atoms. The highest BCUT2D eigenvalue weighted by Crippen LogP contribution is 2.40. The second-order valence-electron chi connectivity index (χ2n) is 6.82. The maximum absolute atomic E-state index is 11.1. The number of aromatic nitrogens is 3. The second kappa shape index (κ2) is 5.98. The van der Waals surface area contributed by atoms with E-state index in [9.17, 15) is 10.1 Å². The number of hydrogen-bond donors (Lipinski definition) is 0. The smallest absolute Gasteiger partial charge is 0.287 e. The van der Waals surface area contributed by atoms with Crippen molar-refractivity contribution in [2.45, 2.75) is 38.6 Å². The SMILES string of the molecule is O=[N+]([O-])c1cnc2c(c1)CN(c1ncnc3sc4c(c13)CCCC4)CC2. The Morgan fingerprint density at radius 1 is 1.15 bits per heavy atom. The number of nitro groups is 1. The zero-order chi connectivity index (χ0) is 17.7. The predicted molar refractivity (Wildman–Crippen MR) is 99.7 cm³/mol. The first kappa shape index (κ1) is 15.6. The van der Waals surface area contributed by atoms with E-state index in [0.29, 0.717) is 6.54 Å². The number of nitrogens with zero attached hydrogens (tertiary/aromatic N) is 5. The summed E-state index contributed by atoms with van der Waals surface area (Å²) in [5.74, 6) is 0.964. The van der Waals surface area contributed by atoms with Crippen molar-refractivity contribution in [3.8, 4) is 0 Å². The number of pyridine rings is 1. The summed E-state index contributed by atoms with van der Waals surface area (Å²) in [6, 6.07) is 1.65. The van der Waals surface area contributed by atoms with E-state index in [1.807, 2.05) is 0 Å². The summed E-state index contributed by atoms with van der Waals surface area (Å²) in [6.45, 7) is 1.41. The van der Waals surface area contributed by atoms with Gasteiger partial charge in [0.15, 0.2) is 0 Å². The third kappa shape index (κ3) is 2.44. The fourth-order valence-electron chi connectivity index (χ4n) is 4.01. The van der Waals surface area contributed by atoms with E-state index in [0.717, 1.165) is 47.7 Å². The van der Waals surface area contributed by atoms with Gasteiger partial charge in [0, 0.05) is 36.1 Å². The topological polar surface area (TPSA) is 85.0 Å². The summed E-state index contributed by atoms with van der Waals surface area (Å²) in [6.07, 6.45) is 8.45. The zero-order valence-corrected chi connectivity index (χ0v) is 15.0. The van der Waals surface area contributed by atoms with Gasteiger partial charge in [0.25, 0.3) is 5.69 Å². The molecule has 3 aromatic heterocycles. The minimum Gasteiger partial charge on any atom is -0.351 e. The van der Waals surface area contributed by atoms with Crippen LogP contribution in [0.2, 0.25) is 0 Å². The van der Waals surface area contributed by atoms with Gasteiger partial charge in [-0.15, -0.1) is 11.3 Å². The first-order valence-electron chi connectivity index (χ1n) is 8.83. The Bertz CT molecular complexity index is 1030. The lowest BCUT2D eigenvalue weighted by Crippen LogP contribution is -2.32. The lowest BCUT2D eigenvalue weighted by atomic mass is 9.96. The molecule has 2 aliphatic rings. The number of rotatable bonds is 2. The van der Waals surface area contributed by atoms with Gasteiger partial charge in [-0.25, -0.2) is 9.97 Å². The molecule has 0 atom stereocenters. The van der Waals surface area contributed by atoms with E-state index in [1.54, 1.807) is 23.7 Å². The van der Waals surface area contributed by atoms with Crippen molar-refractivity contribution in [1.29, 1.82) is 0 Å². The van der Waals surface area contributed by atoms with Crippen molar-refractivity contribution in [3.63, 3.8) is 0 Å². The number of thiophene rings is 1. The molecule has 0 spiro atoms. The fraction of sp³-hybridized carbons (Fsp3) is 0.389. The number of anilines is 1. The van der Waals surface area contributed by atoms with Gasteiger partial charge in [-0.1, -0.05) is 0 Å². The van der Waals surface area contributed by atoms with Gasteiger partial charge in [0.05, 0.1) is 10.3 Å². The van der Waals surface area contributed by atoms with Crippen LogP contribution in [0.4, 0.5) is 11.5 Å². The number of aryl methyl sites for hydroxylation is 2. The van der Waals surface area contributed by atoms with Gasteiger partial charge in [-0.05, 0) is 36.8 Å². The minimum atomic E-state index is -0.385. The molecule has 5 rings (SSSR count). The van der Waals surface area contributed by atoms with Crippen molar-refractivity contribution < 1.29 is 4.92 Å². The molecule has 0 radical (unpaired) electrons. The van der Waals surface area contributed by atoms with Crippen LogP contribution >= 0.6 is 11.3 Å². The van der Waals surface area contributed by atoms with Crippen molar-refractivity contribution in [3.05, 3.63) is 50.4 Å². The lowest BCUT2D eigenvalue weighted by Gasteiger charge is -2.29. The Balaban J connectivity index is 1.58. The third-order valence-electron chi connectivity index (χ3n) is 5.27. The van der Waals surface area contributed by atoms with E-state index in [2.05, 4.69) is 19.9 Å². The van der Waals surface area contributed by atoms with E-state index >= 15 is 0 Å². The maximum atomic E-state index is 11.1. The van der Waals surface area contributed by atoms with E-state index in [4.69, 9.17) is 0 Å². The molecule has 0 aromatic carbocycles. The number of fused-ring (bicyclic) bond motifs is 4. The Kier molecular flexibility index (Phi) is 3.59. The van der Waals surface area contributed by atoms with Crippen LogP contribution in [0, 0.1) is 10.1 Å². The average Bonchev–Trinajstić information content (AvgIpc) is 3.05. The Labute approximate surface area is 153 Å². The zero-order valence-electron chi connectivity index (χ0n) is 14.1. The van der Waals surface area contributed by atoms with Crippen molar-refractivity contribution in [1.82, 2.24) is 15.0 Å². The van der Waals surface area contributed by atoms with Gasteiger partial charge >= 0.3 is 0 Å². The van der Waals surface area contributed by atoms with Crippen LogP contribution in [0.3, 0.4) is 0 Å². The maximum Gasteiger partial charge on any atom is 0.287 e. The molecule has 0 bridgehead atoms. The molecular formula is C18H17N5O2S. The third-order valence-corrected chi connectivity index (χ3v) is 6.47. The van der Waals surface area contributed by atoms with Gasteiger partial charge < -0.3 is 4.90 Å². The van der Waals surface area contributed by atoms with E-state index < -0.39 is 0 Å². The molecule has 1 aliphatic carbocycles. The highest BCUT2D eigenvalue weighted by Gasteiger charge is 2.26. The molecule has 1 aliphatic heterocycles. The van der Waals surface area contributed by atoms with Crippen LogP contribution in [-0.4, -0.2) is 26.4 Å². The van der Waals surface area contributed by atoms with Crippen LogP contribution < -0.4 is 4.90 Å². The molecule has 132 valence electrons. The number of hydrogen-bond acceptors (Lipinski definition) is 7. The first-order valence-corrected chi connectivity index (χ1v) is 9.65. The van der Waals surface area contributed by atoms with Crippen molar-refractivity contribution in [2.75, 3.05) is 11.4 Å². The minimum absolute atomic E-state index is 0.0475. The molecular weight excluding hydrogens is 350 g/mol. The summed E-state index contributed by atoms with van der Waals surface area (Å²) in [5, 5.41) is 12.3. The molecule has 0 N–H and O–H groups in total. The normalized spacial score (nSPS) is 16.4. The quantitative estimate of drug-likeness (QED) is 0.509. The van der Waals surface area contributed by atoms with Gasteiger partial charge in [-0.3, -0.25) is 15.1 Å². The van der Waals surface area contributed by atoms with E-state index in [1.165, 1.54) is 34.9 Å². The summed E-state index contributed by atoms with van der Waals surface area (Å²) < 4.78 is 0. The molecule has 0 saturated carbocycles. The van der Waals surface area contributed by atoms with Gasteiger partial charge in [0.2, 0.25) is 0 Å². The van der Waals surface area contributed by atoms with Crippen LogP contribution in [-0.2, 0) is 25.8 Å². The summed E-state index contributed by atoms with van der Waals surface area (Å²) in [5.41, 5.74) is 3.33. The highest BCUT2D eigenvalue weighted by molar-refractivity contribution is 7.19. The van der Waals surface area contributed by atoms with Crippen molar-refractivity contribution in [2.24, 2.45) is 0 Å². The lowest BCUT2D eigenvalue weighted by molar-refractivity contribution is -0.385. The summed E-state index contributed by atoms with van der Waals surface area (Å²) >= 11 is 1.79.